The first-order valence-corrected chi connectivity index (χ1v) is 7.74. The zero-order valence-electron chi connectivity index (χ0n) is 12.1. The molecule has 3 N–H and O–H groups in total. The number of nitrogens with zero attached hydrogens (tertiary/aromatic N) is 1. The average Bonchev–Trinajstić information content (AvgIpc) is 3.06. The summed E-state index contributed by atoms with van der Waals surface area (Å²) in [6, 6.07) is -0.0134. The van der Waals surface area contributed by atoms with Gasteiger partial charge in [0.05, 0.1) is 13.1 Å². The van der Waals surface area contributed by atoms with Crippen LogP contribution >= 0.6 is 0 Å². The van der Waals surface area contributed by atoms with Crippen LogP contribution < -0.4 is 16.0 Å². The minimum absolute atomic E-state index is 0.00919. The van der Waals surface area contributed by atoms with E-state index < -0.39 is 11.6 Å². The fourth-order valence-corrected chi connectivity index (χ4v) is 3.56. The van der Waals surface area contributed by atoms with Gasteiger partial charge in [0, 0.05) is 12.6 Å². The second-order valence-corrected chi connectivity index (χ2v) is 6.27. The number of rotatable bonds is 3. The number of imide groups is 1. The monoisotopic (exact) mass is 294 g/mol. The summed E-state index contributed by atoms with van der Waals surface area (Å²) >= 11 is 0. The van der Waals surface area contributed by atoms with Crippen molar-refractivity contribution >= 4 is 17.8 Å². The highest BCUT2D eigenvalue weighted by Crippen LogP contribution is 2.24. The van der Waals surface area contributed by atoms with Crippen molar-refractivity contribution < 1.29 is 14.4 Å². The van der Waals surface area contributed by atoms with Gasteiger partial charge in [0.2, 0.25) is 5.91 Å². The second kappa shape index (κ2) is 5.63. The molecule has 2 heterocycles. The minimum atomic E-state index is -0.918. The van der Waals surface area contributed by atoms with Crippen LogP contribution in [0.4, 0.5) is 4.79 Å². The molecule has 1 atom stereocenters. The smallest absolute Gasteiger partial charge is 0.322 e. The van der Waals surface area contributed by atoms with Gasteiger partial charge in [-0.25, -0.2) is 4.79 Å². The van der Waals surface area contributed by atoms with Gasteiger partial charge in [-0.05, 0) is 25.7 Å². The maximum absolute atomic E-state index is 12.3. The Morgan fingerprint density at radius 1 is 1.29 bits per heavy atom. The minimum Gasteiger partial charge on any atom is -0.339 e. The normalized spacial score (nSPS) is 29.8. The molecule has 1 spiro atoms. The third-order valence-corrected chi connectivity index (χ3v) is 4.76. The number of hydrogen-bond donors (Lipinski definition) is 3. The zero-order valence-corrected chi connectivity index (χ0v) is 12.1. The first-order chi connectivity index (χ1) is 10.1. The summed E-state index contributed by atoms with van der Waals surface area (Å²) in [5.74, 6) is -0.302. The van der Waals surface area contributed by atoms with E-state index in [2.05, 4.69) is 16.0 Å². The van der Waals surface area contributed by atoms with E-state index in [0.717, 1.165) is 19.3 Å². The lowest BCUT2D eigenvalue weighted by molar-refractivity contribution is -0.135. The van der Waals surface area contributed by atoms with Gasteiger partial charge in [-0.15, -0.1) is 0 Å². The van der Waals surface area contributed by atoms with Crippen molar-refractivity contribution in [3.05, 3.63) is 0 Å². The van der Waals surface area contributed by atoms with Crippen LogP contribution in [0.3, 0.4) is 0 Å². The van der Waals surface area contributed by atoms with Crippen molar-refractivity contribution in [2.45, 2.75) is 50.1 Å². The topological polar surface area (TPSA) is 90.5 Å². The summed E-state index contributed by atoms with van der Waals surface area (Å²) in [4.78, 5) is 37.3. The Hall–Kier alpha value is -1.63. The molecule has 3 rings (SSSR count). The van der Waals surface area contributed by atoms with E-state index in [-0.39, 0.29) is 18.4 Å². The lowest BCUT2D eigenvalue weighted by Gasteiger charge is -2.38. The first kappa shape index (κ1) is 14.3. The molecule has 0 aromatic rings. The van der Waals surface area contributed by atoms with Gasteiger partial charge in [-0.3, -0.25) is 14.9 Å². The molecule has 0 radical (unpaired) electrons. The molecule has 0 bridgehead atoms. The van der Waals surface area contributed by atoms with Gasteiger partial charge >= 0.3 is 6.03 Å². The second-order valence-electron chi connectivity index (χ2n) is 6.27. The average molecular weight is 294 g/mol. The van der Waals surface area contributed by atoms with E-state index in [9.17, 15) is 14.4 Å². The Morgan fingerprint density at radius 3 is 2.71 bits per heavy atom. The van der Waals surface area contributed by atoms with Crippen molar-refractivity contribution in [2.24, 2.45) is 0 Å². The number of carbonyl (C=O) groups is 3. The van der Waals surface area contributed by atoms with Crippen LogP contribution in [-0.2, 0) is 9.59 Å². The highest BCUT2D eigenvalue weighted by molar-refractivity contribution is 6.07. The highest BCUT2D eigenvalue weighted by Gasteiger charge is 2.49. The van der Waals surface area contributed by atoms with Gasteiger partial charge < -0.3 is 15.5 Å². The quantitative estimate of drug-likeness (QED) is 0.624. The summed E-state index contributed by atoms with van der Waals surface area (Å²) in [6.07, 6.45) is 6.04. The molecule has 4 amide bonds. The van der Waals surface area contributed by atoms with E-state index in [0.29, 0.717) is 25.6 Å². The molecule has 21 heavy (non-hydrogen) atoms. The van der Waals surface area contributed by atoms with Gasteiger partial charge in [0.1, 0.15) is 5.54 Å². The number of amides is 4. The molecule has 3 fully saturated rings. The fourth-order valence-electron chi connectivity index (χ4n) is 3.56. The zero-order chi connectivity index (χ0) is 14.9. The van der Waals surface area contributed by atoms with Crippen molar-refractivity contribution in [2.75, 3.05) is 19.6 Å². The lowest BCUT2D eigenvalue weighted by atomic mass is 9.89. The standard InChI is InChI=1S/C14H22N4O3/c19-11(8-15-10-4-1-2-5-10)18-7-3-6-14(9-18)12(20)16-13(21)17-14/h10,15H,1-9H2,(H2,16,17,20,21). The summed E-state index contributed by atoms with van der Waals surface area (Å²) in [5.41, 5.74) is -0.918. The van der Waals surface area contributed by atoms with Crippen LogP contribution in [0.2, 0.25) is 0 Å². The summed E-state index contributed by atoms with van der Waals surface area (Å²) in [6.45, 7) is 1.24. The van der Waals surface area contributed by atoms with Gasteiger partial charge in [-0.2, -0.15) is 0 Å². The van der Waals surface area contributed by atoms with Gasteiger partial charge in [0.25, 0.3) is 5.91 Å². The van der Waals surface area contributed by atoms with Crippen LogP contribution in [-0.4, -0.2) is 54.0 Å². The number of nitrogens with one attached hydrogen (secondary N) is 3. The Morgan fingerprint density at radius 2 is 2.05 bits per heavy atom. The van der Waals surface area contributed by atoms with Crippen LogP contribution in [0.15, 0.2) is 0 Å². The predicted molar refractivity (Wildman–Crippen MR) is 75.5 cm³/mol. The first-order valence-electron chi connectivity index (χ1n) is 7.74. The predicted octanol–water partition coefficient (Wildman–Crippen LogP) is -0.281. The van der Waals surface area contributed by atoms with E-state index in [1.807, 2.05) is 0 Å². The van der Waals surface area contributed by atoms with Crippen LogP contribution in [0.1, 0.15) is 38.5 Å². The number of urea groups is 1. The molecule has 116 valence electrons. The third-order valence-electron chi connectivity index (χ3n) is 4.76. The van der Waals surface area contributed by atoms with Crippen LogP contribution in [0.25, 0.3) is 0 Å². The third kappa shape index (κ3) is 2.88. The molecule has 2 aliphatic heterocycles. The molecule has 0 aromatic heterocycles. The number of piperidine rings is 1. The summed E-state index contributed by atoms with van der Waals surface area (Å²) in [5, 5.41) is 8.26. The molecule has 7 heteroatoms. The molecule has 7 nitrogen and oxygen atoms in total. The summed E-state index contributed by atoms with van der Waals surface area (Å²) in [7, 11) is 0. The Balaban J connectivity index is 1.56. The highest BCUT2D eigenvalue weighted by atomic mass is 16.2. The number of carbonyl (C=O) groups excluding carboxylic acids is 3. The van der Waals surface area contributed by atoms with Crippen molar-refractivity contribution in [1.29, 1.82) is 0 Å². The molecule has 1 saturated carbocycles. The van der Waals surface area contributed by atoms with Crippen molar-refractivity contribution in [3.63, 3.8) is 0 Å². The maximum atomic E-state index is 12.3. The molecule has 1 unspecified atom stereocenters. The molecular weight excluding hydrogens is 272 g/mol. The molecule has 0 aromatic carbocycles. The largest absolute Gasteiger partial charge is 0.339 e. The number of hydrogen-bond acceptors (Lipinski definition) is 4. The van der Waals surface area contributed by atoms with E-state index >= 15 is 0 Å². The van der Waals surface area contributed by atoms with Crippen molar-refractivity contribution in [3.8, 4) is 0 Å². The van der Waals surface area contributed by atoms with E-state index in [1.54, 1.807) is 4.90 Å². The van der Waals surface area contributed by atoms with Gasteiger partial charge in [-0.1, -0.05) is 12.8 Å². The Bertz CT molecular complexity index is 461. The molecule has 1 aliphatic carbocycles. The van der Waals surface area contributed by atoms with Crippen molar-refractivity contribution in [1.82, 2.24) is 20.9 Å². The number of likely N-dealkylation sites (tertiary alicyclic amines) is 1. The Kier molecular flexibility index (Phi) is 3.84. The fraction of sp³-hybridized carbons (Fsp3) is 0.786. The summed E-state index contributed by atoms with van der Waals surface area (Å²) < 4.78 is 0. The molecular formula is C14H22N4O3. The maximum Gasteiger partial charge on any atom is 0.322 e. The Labute approximate surface area is 123 Å². The molecule has 3 aliphatic rings. The van der Waals surface area contributed by atoms with E-state index in [4.69, 9.17) is 0 Å². The van der Waals surface area contributed by atoms with Crippen LogP contribution in [0, 0.1) is 0 Å². The lowest BCUT2D eigenvalue weighted by Crippen LogP contribution is -2.60. The molecule has 2 saturated heterocycles. The van der Waals surface area contributed by atoms with Crippen LogP contribution in [0.5, 0.6) is 0 Å². The SMILES string of the molecule is O=C1NC(=O)C2(CCCN(C(=O)CNC3CCCC3)C2)N1. The van der Waals surface area contributed by atoms with Gasteiger partial charge in [0.15, 0.2) is 0 Å². The van der Waals surface area contributed by atoms with E-state index in [1.165, 1.54) is 12.8 Å².